The van der Waals surface area contributed by atoms with Crippen LogP contribution in [0.1, 0.15) is 23.6 Å². The lowest BCUT2D eigenvalue weighted by Crippen LogP contribution is -2.34. The van der Waals surface area contributed by atoms with E-state index in [1.54, 1.807) is 6.92 Å². The molecule has 0 radical (unpaired) electrons. The van der Waals surface area contributed by atoms with Crippen LogP contribution in [0.25, 0.3) is 6.08 Å². The summed E-state index contributed by atoms with van der Waals surface area (Å²) in [6.45, 7) is 2.69. The van der Waals surface area contributed by atoms with Crippen LogP contribution in [0, 0.1) is 13.8 Å². The summed E-state index contributed by atoms with van der Waals surface area (Å²) < 4.78 is 34.7. The number of para-hydroxylation sites is 1. The third-order valence-electron chi connectivity index (χ3n) is 4.40. The average Bonchev–Trinajstić information content (AvgIpc) is 2.70. The molecule has 0 aliphatic carbocycles. The first-order valence-corrected chi connectivity index (χ1v) is 9.72. The Balaban J connectivity index is 2.01. The van der Waals surface area contributed by atoms with E-state index in [0.29, 0.717) is 5.56 Å². The Morgan fingerprint density at radius 1 is 1.13 bits per heavy atom. The Kier molecular flexibility index (Phi) is 8.54. The molecule has 0 aliphatic heterocycles. The quantitative estimate of drug-likeness (QED) is 0.596. The van der Waals surface area contributed by atoms with Gasteiger partial charge in [0, 0.05) is 18.8 Å². The molecule has 1 N–H and O–H groups in total. The number of carbonyl (C=O) groups excluding carboxylic acids is 2. The Labute approximate surface area is 180 Å². The fourth-order valence-electron chi connectivity index (χ4n) is 2.87. The molecule has 2 rings (SSSR count). The number of alkyl halides is 2. The standard InChI is InChI=1S/C23H26F2N2O4/c1-5-30-19-13-17(9-11-18(19)31-23(24)25)10-12-21(29)27(4)14-20(28)26-22-15(2)7-6-8-16(22)3/h6-13,23H,5,14H2,1-4H3,(H,26,28)/b12-10+. The highest BCUT2D eigenvalue weighted by Crippen LogP contribution is 2.30. The van der Waals surface area contributed by atoms with Gasteiger partial charge in [-0.05, 0) is 55.7 Å². The minimum atomic E-state index is -2.97. The van der Waals surface area contributed by atoms with Gasteiger partial charge >= 0.3 is 6.61 Å². The molecule has 8 heteroatoms. The third kappa shape index (κ3) is 7.09. The summed E-state index contributed by atoms with van der Waals surface area (Å²) >= 11 is 0. The van der Waals surface area contributed by atoms with Crippen molar-refractivity contribution in [1.29, 1.82) is 0 Å². The highest BCUT2D eigenvalue weighted by molar-refractivity contribution is 5.98. The number of benzene rings is 2. The molecule has 2 aromatic rings. The van der Waals surface area contributed by atoms with E-state index < -0.39 is 6.61 Å². The zero-order chi connectivity index (χ0) is 23.0. The Bertz CT molecular complexity index is 940. The molecular formula is C23H26F2N2O4. The van der Waals surface area contributed by atoms with Crippen molar-refractivity contribution < 1.29 is 27.8 Å². The molecule has 0 bridgehead atoms. The summed E-state index contributed by atoms with van der Waals surface area (Å²) in [5.41, 5.74) is 3.17. The normalized spacial score (nSPS) is 10.9. The monoisotopic (exact) mass is 432 g/mol. The first kappa shape index (κ1) is 23.9. The Morgan fingerprint density at radius 3 is 2.42 bits per heavy atom. The van der Waals surface area contributed by atoms with Crippen LogP contribution >= 0.6 is 0 Å². The van der Waals surface area contributed by atoms with Gasteiger partial charge in [-0.3, -0.25) is 9.59 Å². The van der Waals surface area contributed by atoms with E-state index in [0.717, 1.165) is 16.8 Å². The second kappa shape index (κ2) is 11.1. The molecule has 6 nitrogen and oxygen atoms in total. The van der Waals surface area contributed by atoms with Gasteiger partial charge in [0.2, 0.25) is 11.8 Å². The van der Waals surface area contributed by atoms with E-state index >= 15 is 0 Å². The predicted molar refractivity (Wildman–Crippen MR) is 115 cm³/mol. The predicted octanol–water partition coefficient (Wildman–Crippen LogP) is 4.41. The molecule has 166 valence electrons. The van der Waals surface area contributed by atoms with Crippen molar-refractivity contribution in [3.63, 3.8) is 0 Å². The number of nitrogens with one attached hydrogen (secondary N) is 1. The van der Waals surface area contributed by atoms with Crippen molar-refractivity contribution in [2.24, 2.45) is 0 Å². The highest BCUT2D eigenvalue weighted by atomic mass is 19.3. The van der Waals surface area contributed by atoms with Gasteiger partial charge in [0.1, 0.15) is 0 Å². The number of rotatable bonds is 9. The van der Waals surface area contributed by atoms with Gasteiger partial charge in [0.05, 0.1) is 13.2 Å². The van der Waals surface area contributed by atoms with Crippen molar-refractivity contribution in [3.05, 3.63) is 59.2 Å². The fourth-order valence-corrected chi connectivity index (χ4v) is 2.87. The maximum atomic E-state index is 12.5. The number of likely N-dealkylation sites (N-methyl/N-ethyl adjacent to an activating group) is 1. The van der Waals surface area contributed by atoms with Crippen LogP contribution in [0.5, 0.6) is 11.5 Å². The third-order valence-corrected chi connectivity index (χ3v) is 4.40. The van der Waals surface area contributed by atoms with Gasteiger partial charge in [0.25, 0.3) is 0 Å². The van der Waals surface area contributed by atoms with Gasteiger partial charge in [-0.25, -0.2) is 0 Å². The number of hydrogen-bond donors (Lipinski definition) is 1. The molecule has 0 heterocycles. The highest BCUT2D eigenvalue weighted by Gasteiger charge is 2.14. The zero-order valence-electron chi connectivity index (χ0n) is 17.9. The number of ether oxygens (including phenoxy) is 2. The molecule has 0 atom stereocenters. The molecular weight excluding hydrogens is 406 g/mol. The maximum absolute atomic E-state index is 12.5. The summed E-state index contributed by atoms with van der Waals surface area (Å²) in [6, 6.07) is 10.1. The average molecular weight is 432 g/mol. The molecule has 0 spiro atoms. The van der Waals surface area contributed by atoms with Gasteiger partial charge in [0.15, 0.2) is 11.5 Å². The van der Waals surface area contributed by atoms with Crippen LogP contribution in [-0.2, 0) is 9.59 Å². The molecule has 0 aliphatic rings. The summed E-state index contributed by atoms with van der Waals surface area (Å²) in [6.07, 6.45) is 2.81. The first-order chi connectivity index (χ1) is 14.7. The van der Waals surface area contributed by atoms with Crippen molar-refractivity contribution in [1.82, 2.24) is 4.90 Å². The van der Waals surface area contributed by atoms with Gasteiger partial charge in [-0.2, -0.15) is 8.78 Å². The smallest absolute Gasteiger partial charge is 0.387 e. The lowest BCUT2D eigenvalue weighted by molar-refractivity contribution is -0.129. The topological polar surface area (TPSA) is 67.9 Å². The van der Waals surface area contributed by atoms with Gasteiger partial charge in [-0.15, -0.1) is 0 Å². The van der Waals surface area contributed by atoms with E-state index in [2.05, 4.69) is 10.1 Å². The first-order valence-electron chi connectivity index (χ1n) is 9.72. The summed E-state index contributed by atoms with van der Waals surface area (Å²) in [7, 11) is 1.52. The van der Waals surface area contributed by atoms with Crippen molar-refractivity contribution >= 4 is 23.6 Å². The number of anilines is 1. The van der Waals surface area contributed by atoms with Gasteiger partial charge < -0.3 is 19.7 Å². The second-order valence-electron chi connectivity index (χ2n) is 6.86. The number of amides is 2. The molecule has 0 saturated heterocycles. The fraction of sp³-hybridized carbons (Fsp3) is 0.304. The lowest BCUT2D eigenvalue weighted by atomic mass is 10.1. The number of halogens is 2. The van der Waals surface area contributed by atoms with Crippen molar-refractivity contribution in [2.75, 3.05) is 25.5 Å². The van der Waals surface area contributed by atoms with Crippen LogP contribution in [0.2, 0.25) is 0 Å². The number of aryl methyl sites for hydroxylation is 2. The summed E-state index contributed by atoms with van der Waals surface area (Å²) in [5, 5.41) is 2.83. The van der Waals surface area contributed by atoms with Gasteiger partial charge in [-0.1, -0.05) is 24.3 Å². The lowest BCUT2D eigenvalue weighted by Gasteiger charge is -2.17. The van der Waals surface area contributed by atoms with Crippen LogP contribution in [-0.4, -0.2) is 43.5 Å². The van der Waals surface area contributed by atoms with E-state index in [9.17, 15) is 18.4 Å². The molecule has 0 fully saturated rings. The van der Waals surface area contributed by atoms with Crippen LogP contribution in [0.4, 0.5) is 14.5 Å². The zero-order valence-corrected chi connectivity index (χ0v) is 17.9. The summed E-state index contributed by atoms with van der Waals surface area (Å²) in [4.78, 5) is 26.0. The number of hydrogen-bond acceptors (Lipinski definition) is 4. The molecule has 0 unspecified atom stereocenters. The van der Waals surface area contributed by atoms with E-state index in [-0.39, 0.29) is 36.5 Å². The van der Waals surface area contributed by atoms with Crippen LogP contribution < -0.4 is 14.8 Å². The molecule has 2 amide bonds. The number of carbonyl (C=O) groups is 2. The second-order valence-corrected chi connectivity index (χ2v) is 6.86. The van der Waals surface area contributed by atoms with Crippen molar-refractivity contribution in [3.8, 4) is 11.5 Å². The SMILES string of the molecule is CCOc1cc(/C=C/C(=O)N(C)CC(=O)Nc2c(C)cccc2C)ccc1OC(F)F. The molecule has 0 saturated carbocycles. The molecule has 0 aromatic heterocycles. The summed E-state index contributed by atoms with van der Waals surface area (Å²) in [5.74, 6) is -0.629. The van der Waals surface area contributed by atoms with E-state index in [1.165, 1.54) is 42.3 Å². The maximum Gasteiger partial charge on any atom is 0.387 e. The molecule has 31 heavy (non-hydrogen) atoms. The van der Waals surface area contributed by atoms with Crippen LogP contribution in [0.15, 0.2) is 42.5 Å². The minimum Gasteiger partial charge on any atom is -0.490 e. The van der Waals surface area contributed by atoms with E-state index in [4.69, 9.17) is 4.74 Å². The largest absolute Gasteiger partial charge is 0.490 e. The molecule has 2 aromatic carbocycles. The Morgan fingerprint density at radius 2 is 1.81 bits per heavy atom. The Hall–Kier alpha value is -3.42. The van der Waals surface area contributed by atoms with E-state index in [1.807, 2.05) is 32.0 Å². The van der Waals surface area contributed by atoms with Crippen LogP contribution in [0.3, 0.4) is 0 Å². The van der Waals surface area contributed by atoms with Crippen molar-refractivity contribution in [2.45, 2.75) is 27.4 Å². The minimum absolute atomic E-state index is 0.0828. The number of nitrogens with zero attached hydrogens (tertiary/aromatic N) is 1.